The highest BCUT2D eigenvalue weighted by Gasteiger charge is 2.02. The number of benzene rings is 1. The van der Waals surface area contributed by atoms with Crippen LogP contribution in [0.25, 0.3) is 6.08 Å². The lowest BCUT2D eigenvalue weighted by Gasteiger charge is -2.07. The molecule has 0 saturated heterocycles. The standard InChI is InChI=1S/C13H16O2/c1-3-11(2)15-13(14)10-9-12-7-5-4-6-8-12/h4-11H,3H2,1-2H3/b10-9-/t11-/m1/s1. The number of rotatable bonds is 4. The summed E-state index contributed by atoms with van der Waals surface area (Å²) in [4.78, 5) is 11.3. The summed E-state index contributed by atoms with van der Waals surface area (Å²) in [6, 6.07) is 9.67. The molecule has 1 rings (SSSR count). The fourth-order valence-corrected chi connectivity index (χ4v) is 1.05. The zero-order valence-electron chi connectivity index (χ0n) is 9.14. The van der Waals surface area contributed by atoms with E-state index in [1.807, 2.05) is 44.2 Å². The Bertz CT molecular complexity index is 328. The maximum Gasteiger partial charge on any atom is 0.331 e. The number of hydrogen-bond donors (Lipinski definition) is 0. The van der Waals surface area contributed by atoms with E-state index in [1.54, 1.807) is 6.08 Å². The zero-order valence-corrected chi connectivity index (χ0v) is 9.14. The van der Waals surface area contributed by atoms with Crippen molar-refractivity contribution >= 4 is 12.0 Å². The van der Waals surface area contributed by atoms with Gasteiger partial charge in [-0.3, -0.25) is 0 Å². The van der Waals surface area contributed by atoms with Gasteiger partial charge in [-0.15, -0.1) is 0 Å². The van der Waals surface area contributed by atoms with Gasteiger partial charge in [0.2, 0.25) is 0 Å². The van der Waals surface area contributed by atoms with Crippen molar-refractivity contribution in [3.8, 4) is 0 Å². The van der Waals surface area contributed by atoms with Gasteiger partial charge < -0.3 is 4.74 Å². The van der Waals surface area contributed by atoms with Crippen molar-refractivity contribution in [3.05, 3.63) is 42.0 Å². The molecule has 1 aromatic carbocycles. The van der Waals surface area contributed by atoms with Crippen LogP contribution in [0.15, 0.2) is 36.4 Å². The highest BCUT2D eigenvalue weighted by atomic mass is 16.5. The Morgan fingerprint density at radius 1 is 1.40 bits per heavy atom. The first-order chi connectivity index (χ1) is 7.22. The van der Waals surface area contributed by atoms with Crippen LogP contribution in [0.2, 0.25) is 0 Å². The van der Waals surface area contributed by atoms with Crippen molar-refractivity contribution in [1.29, 1.82) is 0 Å². The van der Waals surface area contributed by atoms with E-state index in [0.29, 0.717) is 0 Å². The first-order valence-corrected chi connectivity index (χ1v) is 5.16. The fraction of sp³-hybridized carbons (Fsp3) is 0.308. The molecule has 1 aromatic rings. The topological polar surface area (TPSA) is 26.3 Å². The zero-order chi connectivity index (χ0) is 11.1. The SMILES string of the molecule is CC[C@@H](C)OC(=O)/C=C\c1ccccc1. The van der Waals surface area contributed by atoms with E-state index < -0.39 is 0 Å². The summed E-state index contributed by atoms with van der Waals surface area (Å²) in [6.07, 6.45) is 4.04. The molecule has 0 heterocycles. The molecule has 0 aliphatic heterocycles. The maximum absolute atomic E-state index is 11.3. The van der Waals surface area contributed by atoms with Gasteiger partial charge in [-0.25, -0.2) is 4.79 Å². The number of hydrogen-bond acceptors (Lipinski definition) is 2. The lowest BCUT2D eigenvalue weighted by molar-refractivity contribution is -0.142. The predicted octanol–water partition coefficient (Wildman–Crippen LogP) is 3.04. The van der Waals surface area contributed by atoms with Crippen LogP contribution in [0, 0.1) is 0 Å². The summed E-state index contributed by atoms with van der Waals surface area (Å²) in [5, 5.41) is 0. The molecule has 0 N–H and O–H groups in total. The Kier molecular flexibility index (Phi) is 4.61. The van der Waals surface area contributed by atoms with Gasteiger partial charge in [-0.2, -0.15) is 0 Å². The van der Waals surface area contributed by atoms with Crippen molar-refractivity contribution in [3.63, 3.8) is 0 Å². The Hall–Kier alpha value is -1.57. The van der Waals surface area contributed by atoms with Gasteiger partial charge in [0.05, 0.1) is 6.10 Å². The summed E-state index contributed by atoms with van der Waals surface area (Å²) in [5.41, 5.74) is 0.999. The number of esters is 1. The van der Waals surface area contributed by atoms with Crippen LogP contribution in [0.5, 0.6) is 0 Å². The largest absolute Gasteiger partial charge is 0.460 e. The van der Waals surface area contributed by atoms with E-state index in [-0.39, 0.29) is 12.1 Å². The van der Waals surface area contributed by atoms with Gasteiger partial charge >= 0.3 is 5.97 Å². The van der Waals surface area contributed by atoms with Crippen molar-refractivity contribution < 1.29 is 9.53 Å². The van der Waals surface area contributed by atoms with Crippen LogP contribution >= 0.6 is 0 Å². The normalized spacial score (nSPS) is 12.7. The first-order valence-electron chi connectivity index (χ1n) is 5.16. The minimum absolute atomic E-state index is 0.0158. The first kappa shape index (κ1) is 11.5. The third kappa shape index (κ3) is 4.45. The molecule has 1 atom stereocenters. The summed E-state index contributed by atoms with van der Waals surface area (Å²) in [7, 11) is 0. The Morgan fingerprint density at radius 2 is 2.07 bits per heavy atom. The van der Waals surface area contributed by atoms with Gasteiger partial charge in [-0.1, -0.05) is 37.3 Å². The summed E-state index contributed by atoms with van der Waals surface area (Å²) in [5.74, 6) is -0.284. The van der Waals surface area contributed by atoms with E-state index in [2.05, 4.69) is 0 Å². The molecular weight excluding hydrogens is 188 g/mol. The Morgan fingerprint density at radius 3 is 2.67 bits per heavy atom. The van der Waals surface area contributed by atoms with Crippen molar-refractivity contribution in [2.45, 2.75) is 26.4 Å². The molecule has 0 aliphatic rings. The molecule has 0 radical (unpaired) electrons. The predicted molar refractivity (Wildman–Crippen MR) is 61.3 cm³/mol. The highest BCUT2D eigenvalue weighted by molar-refractivity contribution is 5.87. The lowest BCUT2D eigenvalue weighted by atomic mass is 10.2. The molecular formula is C13H16O2. The average Bonchev–Trinajstić information content (AvgIpc) is 2.27. The second kappa shape index (κ2) is 6.02. The molecule has 0 spiro atoms. The minimum atomic E-state index is -0.284. The van der Waals surface area contributed by atoms with Gasteiger partial charge in [-0.05, 0) is 25.0 Å². The summed E-state index contributed by atoms with van der Waals surface area (Å²) < 4.78 is 5.10. The molecule has 0 aliphatic carbocycles. The van der Waals surface area contributed by atoms with Gasteiger partial charge in [0.1, 0.15) is 0 Å². The van der Waals surface area contributed by atoms with Crippen molar-refractivity contribution in [2.24, 2.45) is 0 Å². The van der Waals surface area contributed by atoms with Gasteiger partial charge in [0, 0.05) is 6.08 Å². The van der Waals surface area contributed by atoms with Crippen LogP contribution < -0.4 is 0 Å². The molecule has 0 amide bonds. The second-order valence-electron chi connectivity index (χ2n) is 3.40. The average molecular weight is 204 g/mol. The molecule has 2 nitrogen and oxygen atoms in total. The fourth-order valence-electron chi connectivity index (χ4n) is 1.05. The van der Waals surface area contributed by atoms with E-state index in [9.17, 15) is 4.79 Å². The highest BCUT2D eigenvalue weighted by Crippen LogP contribution is 2.02. The number of carbonyl (C=O) groups is 1. The molecule has 15 heavy (non-hydrogen) atoms. The van der Waals surface area contributed by atoms with Gasteiger partial charge in [0.25, 0.3) is 0 Å². The molecule has 2 heteroatoms. The van der Waals surface area contributed by atoms with E-state index in [4.69, 9.17) is 4.74 Å². The smallest absolute Gasteiger partial charge is 0.331 e. The van der Waals surface area contributed by atoms with E-state index in [1.165, 1.54) is 6.08 Å². The van der Waals surface area contributed by atoms with E-state index in [0.717, 1.165) is 12.0 Å². The molecule has 0 bridgehead atoms. The Labute approximate surface area is 90.6 Å². The quantitative estimate of drug-likeness (QED) is 0.556. The number of ether oxygens (including phenoxy) is 1. The Balaban J connectivity index is 2.48. The van der Waals surface area contributed by atoms with Crippen molar-refractivity contribution in [2.75, 3.05) is 0 Å². The minimum Gasteiger partial charge on any atom is -0.460 e. The molecule has 0 aromatic heterocycles. The van der Waals surface area contributed by atoms with Crippen LogP contribution in [-0.2, 0) is 9.53 Å². The van der Waals surface area contributed by atoms with Gasteiger partial charge in [0.15, 0.2) is 0 Å². The summed E-state index contributed by atoms with van der Waals surface area (Å²) in [6.45, 7) is 3.87. The molecule has 0 fully saturated rings. The third-order valence-electron chi connectivity index (χ3n) is 2.10. The maximum atomic E-state index is 11.3. The van der Waals surface area contributed by atoms with E-state index >= 15 is 0 Å². The van der Waals surface area contributed by atoms with Crippen LogP contribution in [0.4, 0.5) is 0 Å². The molecule has 80 valence electrons. The van der Waals surface area contributed by atoms with Crippen LogP contribution in [0.3, 0.4) is 0 Å². The second-order valence-corrected chi connectivity index (χ2v) is 3.40. The van der Waals surface area contributed by atoms with Crippen LogP contribution in [-0.4, -0.2) is 12.1 Å². The summed E-state index contributed by atoms with van der Waals surface area (Å²) >= 11 is 0. The van der Waals surface area contributed by atoms with Crippen LogP contribution in [0.1, 0.15) is 25.8 Å². The lowest BCUT2D eigenvalue weighted by Crippen LogP contribution is -2.11. The number of carbonyl (C=O) groups excluding carboxylic acids is 1. The monoisotopic (exact) mass is 204 g/mol. The molecule has 0 unspecified atom stereocenters. The molecule has 0 saturated carbocycles. The third-order valence-corrected chi connectivity index (χ3v) is 2.10. The van der Waals surface area contributed by atoms with Crippen molar-refractivity contribution in [1.82, 2.24) is 0 Å².